The molecule has 96 valence electrons. The van der Waals surface area contributed by atoms with E-state index in [2.05, 4.69) is 5.92 Å². The van der Waals surface area contributed by atoms with Crippen LogP contribution in [-0.4, -0.2) is 30.8 Å². The molecule has 0 amide bonds. The summed E-state index contributed by atoms with van der Waals surface area (Å²) in [7, 11) is 3.00. The molecule has 18 heavy (non-hydrogen) atoms. The van der Waals surface area contributed by atoms with E-state index in [0.717, 1.165) is 0 Å². The van der Waals surface area contributed by atoms with Crippen LogP contribution in [0.5, 0.6) is 11.5 Å². The molecule has 3 N–H and O–H groups in total. The first-order valence-electron chi connectivity index (χ1n) is 5.17. The maximum absolute atomic E-state index is 11.1. The molecule has 0 saturated carbocycles. The van der Waals surface area contributed by atoms with E-state index in [9.17, 15) is 4.79 Å². The normalized spacial score (nSPS) is 13.2. The highest BCUT2D eigenvalue weighted by Crippen LogP contribution is 2.26. The second-order valence-electron chi connectivity index (χ2n) is 3.78. The van der Waals surface area contributed by atoms with Crippen molar-refractivity contribution < 1.29 is 19.4 Å². The lowest BCUT2D eigenvalue weighted by atomic mass is 9.92. The topological polar surface area (TPSA) is 81.8 Å². The number of aliphatic carboxylic acids is 1. The molecule has 1 aromatic rings. The molecule has 5 nitrogen and oxygen atoms in total. The number of hydrogen-bond acceptors (Lipinski definition) is 4. The Bertz CT molecular complexity index is 492. The van der Waals surface area contributed by atoms with Crippen molar-refractivity contribution in [2.45, 2.75) is 12.0 Å². The van der Waals surface area contributed by atoms with Gasteiger partial charge in [-0.05, 0) is 18.2 Å². The Morgan fingerprint density at radius 1 is 1.50 bits per heavy atom. The first-order chi connectivity index (χ1) is 8.46. The van der Waals surface area contributed by atoms with E-state index in [-0.39, 0.29) is 6.42 Å². The van der Waals surface area contributed by atoms with Gasteiger partial charge in [-0.15, -0.1) is 6.42 Å². The van der Waals surface area contributed by atoms with Crippen molar-refractivity contribution >= 4 is 5.97 Å². The zero-order valence-electron chi connectivity index (χ0n) is 10.3. The predicted molar refractivity (Wildman–Crippen MR) is 66.6 cm³/mol. The molecular weight excluding hydrogens is 234 g/mol. The number of benzene rings is 1. The number of hydrogen-bond donors (Lipinski definition) is 2. The molecule has 0 spiro atoms. The Hall–Kier alpha value is -2.19. The molecule has 1 atom stereocenters. The van der Waals surface area contributed by atoms with Crippen molar-refractivity contribution in [2.75, 3.05) is 14.2 Å². The summed E-state index contributed by atoms with van der Waals surface area (Å²) in [5.74, 6) is 1.94. The van der Waals surface area contributed by atoms with Gasteiger partial charge in [-0.2, -0.15) is 0 Å². The molecule has 0 aliphatic rings. The van der Waals surface area contributed by atoms with Crippen LogP contribution >= 0.6 is 0 Å². The zero-order valence-corrected chi connectivity index (χ0v) is 10.3. The highest BCUT2D eigenvalue weighted by molar-refractivity contribution is 5.83. The minimum absolute atomic E-state index is 0.0425. The molecule has 0 fully saturated rings. The minimum Gasteiger partial charge on any atom is -0.497 e. The van der Waals surface area contributed by atoms with Gasteiger partial charge in [0.2, 0.25) is 0 Å². The number of methoxy groups -OCH3 is 2. The highest BCUT2D eigenvalue weighted by Gasteiger charge is 2.33. The number of nitrogens with two attached hydrogens (primary N) is 1. The minimum atomic E-state index is -1.76. The molecule has 0 heterocycles. The van der Waals surface area contributed by atoms with Crippen molar-refractivity contribution in [3.63, 3.8) is 0 Å². The quantitative estimate of drug-likeness (QED) is 0.749. The lowest BCUT2D eigenvalue weighted by molar-refractivity contribution is -0.141. The van der Waals surface area contributed by atoms with Crippen LogP contribution in [0.2, 0.25) is 0 Å². The number of carboxylic acid groups (broad SMARTS) is 1. The van der Waals surface area contributed by atoms with Gasteiger partial charge in [0.1, 0.15) is 11.5 Å². The van der Waals surface area contributed by atoms with Crippen LogP contribution in [0, 0.1) is 12.3 Å². The predicted octanol–water partition coefficient (Wildman–Crippen LogP) is 0.662. The van der Waals surface area contributed by atoms with Gasteiger partial charge in [-0.25, -0.2) is 4.79 Å². The molecule has 1 unspecified atom stereocenters. The third kappa shape index (κ3) is 2.73. The van der Waals surface area contributed by atoms with E-state index < -0.39 is 11.5 Å². The van der Waals surface area contributed by atoms with Crippen LogP contribution in [-0.2, 0) is 11.2 Å². The van der Waals surface area contributed by atoms with E-state index >= 15 is 0 Å². The van der Waals surface area contributed by atoms with E-state index in [4.69, 9.17) is 26.7 Å². The molecule has 0 aliphatic carbocycles. The molecule has 0 aromatic heterocycles. The van der Waals surface area contributed by atoms with Gasteiger partial charge in [-0.1, -0.05) is 5.92 Å². The second-order valence-corrected chi connectivity index (χ2v) is 3.78. The molecule has 1 rings (SSSR count). The van der Waals surface area contributed by atoms with Gasteiger partial charge in [-0.3, -0.25) is 0 Å². The van der Waals surface area contributed by atoms with Crippen LogP contribution in [0.3, 0.4) is 0 Å². The van der Waals surface area contributed by atoms with Gasteiger partial charge >= 0.3 is 5.97 Å². The standard InChI is InChI=1S/C13H15NO4/c1-4-13(14,12(15)16)8-9-7-10(17-2)5-6-11(9)18-3/h1,5-7H,8,14H2,2-3H3,(H,15,16). The Labute approximate surface area is 106 Å². The van der Waals surface area contributed by atoms with Crippen molar-refractivity contribution in [2.24, 2.45) is 5.73 Å². The summed E-state index contributed by atoms with van der Waals surface area (Å²) < 4.78 is 10.2. The maximum atomic E-state index is 11.1. The van der Waals surface area contributed by atoms with Crippen molar-refractivity contribution in [1.29, 1.82) is 0 Å². The third-order valence-electron chi connectivity index (χ3n) is 2.60. The maximum Gasteiger partial charge on any atom is 0.336 e. The number of terminal acetylenes is 1. The summed E-state index contributed by atoms with van der Waals surface area (Å²) in [5, 5.41) is 9.04. The third-order valence-corrected chi connectivity index (χ3v) is 2.60. The number of ether oxygens (including phenoxy) is 2. The van der Waals surface area contributed by atoms with Crippen molar-refractivity contribution in [1.82, 2.24) is 0 Å². The Balaban J connectivity index is 3.16. The van der Waals surface area contributed by atoms with E-state index in [0.29, 0.717) is 17.1 Å². The summed E-state index contributed by atoms with van der Waals surface area (Å²) in [6.45, 7) is 0. The van der Waals surface area contributed by atoms with Crippen LogP contribution in [0.1, 0.15) is 5.56 Å². The summed E-state index contributed by atoms with van der Waals surface area (Å²) in [6, 6.07) is 5.03. The lowest BCUT2D eigenvalue weighted by Crippen LogP contribution is -2.48. The van der Waals surface area contributed by atoms with Gasteiger partial charge in [0.15, 0.2) is 5.54 Å². The van der Waals surface area contributed by atoms with Crippen LogP contribution in [0.25, 0.3) is 0 Å². The molecule has 0 aliphatic heterocycles. The van der Waals surface area contributed by atoms with Crippen LogP contribution < -0.4 is 15.2 Å². The van der Waals surface area contributed by atoms with Gasteiger partial charge in [0, 0.05) is 12.0 Å². The molecule has 1 aromatic carbocycles. The Morgan fingerprint density at radius 2 is 2.17 bits per heavy atom. The summed E-state index contributed by atoms with van der Waals surface area (Å²) in [4.78, 5) is 11.1. The fraction of sp³-hybridized carbons (Fsp3) is 0.308. The van der Waals surface area contributed by atoms with Gasteiger partial charge in [0.05, 0.1) is 14.2 Å². The second kappa shape index (κ2) is 5.43. The SMILES string of the molecule is C#CC(N)(Cc1cc(OC)ccc1OC)C(=O)O. The van der Waals surface area contributed by atoms with Crippen molar-refractivity contribution in [3.8, 4) is 23.8 Å². The summed E-state index contributed by atoms with van der Waals surface area (Å²) in [6.07, 6.45) is 5.15. The first kappa shape index (κ1) is 13.9. The fourth-order valence-electron chi connectivity index (χ4n) is 1.51. The average Bonchev–Trinajstić information content (AvgIpc) is 2.38. The number of carbonyl (C=O) groups is 1. The summed E-state index contributed by atoms with van der Waals surface area (Å²) in [5.41, 5.74) is 4.47. The fourth-order valence-corrected chi connectivity index (χ4v) is 1.51. The monoisotopic (exact) mass is 249 g/mol. The number of carboxylic acids is 1. The summed E-state index contributed by atoms with van der Waals surface area (Å²) >= 11 is 0. The molecule has 5 heteroatoms. The van der Waals surface area contributed by atoms with E-state index in [1.165, 1.54) is 14.2 Å². The molecule has 0 radical (unpaired) electrons. The van der Waals surface area contributed by atoms with E-state index in [1.807, 2.05) is 0 Å². The zero-order chi connectivity index (χ0) is 13.8. The number of rotatable bonds is 5. The Morgan fingerprint density at radius 3 is 2.61 bits per heavy atom. The van der Waals surface area contributed by atoms with Crippen LogP contribution in [0.15, 0.2) is 18.2 Å². The van der Waals surface area contributed by atoms with Crippen LogP contribution in [0.4, 0.5) is 0 Å². The van der Waals surface area contributed by atoms with Gasteiger partial charge < -0.3 is 20.3 Å². The molecular formula is C13H15NO4. The average molecular weight is 249 g/mol. The molecule has 0 bridgehead atoms. The molecule has 0 saturated heterocycles. The Kier molecular flexibility index (Phi) is 4.18. The van der Waals surface area contributed by atoms with Crippen molar-refractivity contribution in [3.05, 3.63) is 23.8 Å². The van der Waals surface area contributed by atoms with Gasteiger partial charge in [0.25, 0.3) is 0 Å². The highest BCUT2D eigenvalue weighted by atomic mass is 16.5. The largest absolute Gasteiger partial charge is 0.497 e. The first-order valence-corrected chi connectivity index (χ1v) is 5.17. The smallest absolute Gasteiger partial charge is 0.336 e. The van der Waals surface area contributed by atoms with E-state index in [1.54, 1.807) is 18.2 Å². The lowest BCUT2D eigenvalue weighted by Gasteiger charge is -2.20.